The van der Waals surface area contributed by atoms with Crippen molar-refractivity contribution in [3.05, 3.63) is 34.9 Å². The highest BCUT2D eigenvalue weighted by Gasteiger charge is 2.46. The molecule has 0 saturated carbocycles. The van der Waals surface area contributed by atoms with E-state index in [-0.39, 0.29) is 17.8 Å². The molecule has 2 N–H and O–H groups in total. The van der Waals surface area contributed by atoms with Gasteiger partial charge in [0.25, 0.3) is 0 Å². The van der Waals surface area contributed by atoms with Gasteiger partial charge in [0.15, 0.2) is 0 Å². The van der Waals surface area contributed by atoms with Gasteiger partial charge in [0.2, 0.25) is 0 Å². The van der Waals surface area contributed by atoms with Crippen molar-refractivity contribution in [3.63, 3.8) is 0 Å². The molecule has 0 bridgehead atoms. The normalized spacial score (nSPS) is 25.5. The molecule has 1 aliphatic carbocycles. The predicted octanol–water partition coefficient (Wildman–Crippen LogP) is 3.88. The van der Waals surface area contributed by atoms with Gasteiger partial charge in [0, 0.05) is 5.54 Å². The highest BCUT2D eigenvalue weighted by atomic mass is 35.5. The van der Waals surface area contributed by atoms with E-state index in [1.54, 1.807) is 0 Å². The van der Waals surface area contributed by atoms with Crippen LogP contribution in [0.5, 0.6) is 0 Å². The van der Waals surface area contributed by atoms with Crippen molar-refractivity contribution in [3.8, 4) is 0 Å². The standard InChI is InChI=1S/C13H16F3N.ClH/c1-11(2)7-8-6-9(13(14,15)16)4-5-10(8)12(11,3)17;/h4-6H,7,17H2,1-3H3;1H. The van der Waals surface area contributed by atoms with E-state index in [1.165, 1.54) is 12.1 Å². The van der Waals surface area contributed by atoms with E-state index in [2.05, 4.69) is 0 Å². The first-order valence-electron chi connectivity index (χ1n) is 5.55. The van der Waals surface area contributed by atoms with Crippen molar-refractivity contribution in [2.24, 2.45) is 11.1 Å². The van der Waals surface area contributed by atoms with Crippen molar-refractivity contribution in [1.82, 2.24) is 0 Å². The van der Waals surface area contributed by atoms with Crippen LogP contribution in [0.25, 0.3) is 0 Å². The van der Waals surface area contributed by atoms with Crippen molar-refractivity contribution in [2.45, 2.75) is 38.9 Å². The maximum absolute atomic E-state index is 12.6. The summed E-state index contributed by atoms with van der Waals surface area (Å²) in [6.45, 7) is 5.85. The minimum atomic E-state index is -4.28. The summed E-state index contributed by atoms with van der Waals surface area (Å²) in [7, 11) is 0. The summed E-state index contributed by atoms with van der Waals surface area (Å²) in [5, 5.41) is 0. The summed E-state index contributed by atoms with van der Waals surface area (Å²) < 4.78 is 37.8. The van der Waals surface area contributed by atoms with E-state index in [9.17, 15) is 13.2 Å². The Hall–Kier alpha value is -0.740. The largest absolute Gasteiger partial charge is 0.416 e. The minimum Gasteiger partial charge on any atom is -0.321 e. The van der Waals surface area contributed by atoms with Gasteiger partial charge in [-0.25, -0.2) is 0 Å². The maximum atomic E-state index is 12.6. The number of benzene rings is 1. The zero-order valence-corrected chi connectivity index (χ0v) is 11.4. The van der Waals surface area contributed by atoms with Crippen LogP contribution < -0.4 is 5.73 Å². The predicted molar refractivity (Wildman–Crippen MR) is 67.7 cm³/mol. The molecule has 0 radical (unpaired) electrons. The Kier molecular flexibility index (Phi) is 3.52. The fraction of sp³-hybridized carbons (Fsp3) is 0.538. The maximum Gasteiger partial charge on any atom is 0.416 e. The summed E-state index contributed by atoms with van der Waals surface area (Å²) in [6.07, 6.45) is -3.70. The van der Waals surface area contributed by atoms with Gasteiger partial charge in [0.05, 0.1) is 5.56 Å². The van der Waals surface area contributed by atoms with Crippen molar-refractivity contribution >= 4 is 12.4 Å². The number of hydrogen-bond acceptors (Lipinski definition) is 1. The average Bonchev–Trinajstić information content (AvgIpc) is 2.31. The van der Waals surface area contributed by atoms with Gasteiger partial charge in [0.1, 0.15) is 0 Å². The zero-order chi connectivity index (χ0) is 13.1. The topological polar surface area (TPSA) is 26.0 Å². The first-order chi connectivity index (χ1) is 7.56. The van der Waals surface area contributed by atoms with E-state index < -0.39 is 17.3 Å². The fourth-order valence-electron chi connectivity index (χ4n) is 2.45. The number of alkyl halides is 3. The quantitative estimate of drug-likeness (QED) is 0.766. The summed E-state index contributed by atoms with van der Waals surface area (Å²) >= 11 is 0. The molecule has 1 aliphatic rings. The molecule has 1 aromatic carbocycles. The summed E-state index contributed by atoms with van der Waals surface area (Å²) in [5.41, 5.74) is 6.40. The Bertz CT molecular complexity index is 464. The molecule has 102 valence electrons. The van der Waals surface area contributed by atoms with E-state index in [1.807, 2.05) is 20.8 Å². The Morgan fingerprint density at radius 2 is 1.72 bits per heavy atom. The molecule has 0 spiro atoms. The molecule has 0 fully saturated rings. The lowest BCUT2D eigenvalue weighted by molar-refractivity contribution is -0.137. The molecular formula is C13H17ClF3N. The fourth-order valence-corrected chi connectivity index (χ4v) is 2.45. The van der Waals surface area contributed by atoms with Crippen molar-refractivity contribution < 1.29 is 13.2 Å². The molecule has 2 rings (SSSR count). The summed E-state index contributed by atoms with van der Waals surface area (Å²) in [5.74, 6) is 0. The molecule has 18 heavy (non-hydrogen) atoms. The number of nitrogens with two attached hydrogens (primary N) is 1. The van der Waals surface area contributed by atoms with E-state index in [0.29, 0.717) is 6.42 Å². The molecule has 0 saturated heterocycles. The van der Waals surface area contributed by atoms with Crippen LogP contribution in [-0.4, -0.2) is 0 Å². The lowest BCUT2D eigenvalue weighted by atomic mass is 9.75. The monoisotopic (exact) mass is 279 g/mol. The van der Waals surface area contributed by atoms with Crippen LogP contribution in [0, 0.1) is 5.41 Å². The van der Waals surface area contributed by atoms with Crippen molar-refractivity contribution in [2.75, 3.05) is 0 Å². The van der Waals surface area contributed by atoms with Crippen LogP contribution in [0.15, 0.2) is 18.2 Å². The van der Waals surface area contributed by atoms with Gasteiger partial charge >= 0.3 is 6.18 Å². The Balaban J connectivity index is 0.00000162. The van der Waals surface area contributed by atoms with Gasteiger partial charge in [-0.15, -0.1) is 12.4 Å². The molecule has 0 heterocycles. The van der Waals surface area contributed by atoms with Crippen LogP contribution in [0.1, 0.15) is 37.5 Å². The van der Waals surface area contributed by atoms with E-state index >= 15 is 0 Å². The summed E-state index contributed by atoms with van der Waals surface area (Å²) in [6, 6.07) is 3.87. The van der Waals surface area contributed by atoms with Crippen LogP contribution >= 0.6 is 12.4 Å². The van der Waals surface area contributed by atoms with Gasteiger partial charge in [-0.05, 0) is 42.0 Å². The van der Waals surface area contributed by atoms with E-state index in [4.69, 9.17) is 5.73 Å². The number of halogens is 4. The van der Waals surface area contributed by atoms with Crippen molar-refractivity contribution in [1.29, 1.82) is 0 Å². The average molecular weight is 280 g/mol. The molecule has 5 heteroatoms. The molecule has 1 nitrogen and oxygen atoms in total. The van der Waals surface area contributed by atoms with E-state index in [0.717, 1.165) is 17.2 Å². The van der Waals surface area contributed by atoms with Crippen LogP contribution in [-0.2, 0) is 18.1 Å². The first-order valence-corrected chi connectivity index (χ1v) is 5.55. The molecule has 1 aromatic rings. The third kappa shape index (κ3) is 2.12. The minimum absolute atomic E-state index is 0. The lowest BCUT2D eigenvalue weighted by Crippen LogP contribution is -2.43. The second-order valence-corrected chi connectivity index (χ2v) is 5.63. The Morgan fingerprint density at radius 1 is 1.17 bits per heavy atom. The molecule has 1 unspecified atom stereocenters. The summed E-state index contributed by atoms with van der Waals surface area (Å²) in [4.78, 5) is 0. The third-order valence-corrected chi connectivity index (χ3v) is 4.03. The third-order valence-electron chi connectivity index (χ3n) is 4.03. The van der Waals surface area contributed by atoms with Gasteiger partial charge < -0.3 is 5.73 Å². The molecular weight excluding hydrogens is 263 g/mol. The molecule has 1 atom stereocenters. The molecule has 0 aromatic heterocycles. The number of fused-ring (bicyclic) bond motifs is 1. The van der Waals surface area contributed by atoms with Gasteiger partial charge in [-0.2, -0.15) is 13.2 Å². The highest BCUT2D eigenvalue weighted by Crippen LogP contribution is 2.48. The first kappa shape index (κ1) is 15.3. The lowest BCUT2D eigenvalue weighted by Gasteiger charge is -2.35. The number of hydrogen-bond donors (Lipinski definition) is 1. The highest BCUT2D eigenvalue weighted by molar-refractivity contribution is 5.85. The Morgan fingerprint density at radius 3 is 2.22 bits per heavy atom. The van der Waals surface area contributed by atoms with Gasteiger partial charge in [-0.1, -0.05) is 19.9 Å². The van der Waals surface area contributed by atoms with Crippen LogP contribution in [0.3, 0.4) is 0 Å². The Labute approximate surface area is 111 Å². The second-order valence-electron chi connectivity index (χ2n) is 5.63. The molecule has 0 aliphatic heterocycles. The molecule has 0 amide bonds. The van der Waals surface area contributed by atoms with Gasteiger partial charge in [-0.3, -0.25) is 0 Å². The second kappa shape index (κ2) is 4.14. The zero-order valence-electron chi connectivity index (χ0n) is 10.6. The van der Waals surface area contributed by atoms with Crippen LogP contribution in [0.2, 0.25) is 0 Å². The smallest absolute Gasteiger partial charge is 0.321 e. The SMILES string of the molecule is CC1(C)Cc2cc(C(F)(F)F)ccc2C1(C)N.Cl. The van der Waals surface area contributed by atoms with Crippen LogP contribution in [0.4, 0.5) is 13.2 Å². The number of rotatable bonds is 0.